The van der Waals surface area contributed by atoms with Crippen LogP contribution in [0.3, 0.4) is 0 Å². The summed E-state index contributed by atoms with van der Waals surface area (Å²) in [5.74, 6) is 1.38. The SMILES string of the molecule is C[C@H]1c2cccc(Br)c2Oc2ccccc2N1C(=O)c1ccccc1. The molecule has 1 aliphatic rings. The van der Waals surface area contributed by atoms with Gasteiger partial charge in [-0.2, -0.15) is 0 Å². The molecule has 1 amide bonds. The molecule has 3 aromatic carbocycles. The minimum Gasteiger partial charge on any atom is -0.454 e. The zero-order chi connectivity index (χ0) is 17.4. The Kier molecular flexibility index (Phi) is 4.06. The highest BCUT2D eigenvalue weighted by Crippen LogP contribution is 2.46. The summed E-state index contributed by atoms with van der Waals surface area (Å²) in [5.41, 5.74) is 2.39. The topological polar surface area (TPSA) is 29.5 Å². The van der Waals surface area contributed by atoms with Gasteiger partial charge >= 0.3 is 0 Å². The maximum atomic E-state index is 13.3. The quantitative estimate of drug-likeness (QED) is 0.510. The standard InChI is InChI=1S/C21H16BrNO2/c1-14-16-10-7-11-17(22)20(16)25-19-13-6-5-12-18(19)23(14)21(24)15-8-3-2-4-9-15/h2-14H,1H3/t14-/m0/s1. The second kappa shape index (κ2) is 6.37. The maximum absolute atomic E-state index is 13.3. The molecule has 0 spiro atoms. The fourth-order valence-corrected chi connectivity index (χ4v) is 3.63. The van der Waals surface area contributed by atoms with Crippen LogP contribution in [0.5, 0.6) is 11.5 Å². The second-order valence-electron chi connectivity index (χ2n) is 5.95. The number of carbonyl (C=O) groups is 1. The van der Waals surface area contributed by atoms with Crippen molar-refractivity contribution in [2.24, 2.45) is 0 Å². The fourth-order valence-electron chi connectivity index (χ4n) is 3.17. The van der Waals surface area contributed by atoms with Crippen molar-refractivity contribution in [2.45, 2.75) is 13.0 Å². The van der Waals surface area contributed by atoms with Gasteiger partial charge in [-0.05, 0) is 53.2 Å². The molecule has 0 N–H and O–H groups in total. The molecule has 3 nitrogen and oxygen atoms in total. The van der Waals surface area contributed by atoms with Crippen molar-refractivity contribution in [2.75, 3.05) is 4.90 Å². The molecule has 0 aliphatic carbocycles. The highest BCUT2D eigenvalue weighted by molar-refractivity contribution is 9.10. The van der Waals surface area contributed by atoms with E-state index in [1.807, 2.05) is 84.6 Å². The van der Waals surface area contributed by atoms with E-state index in [1.165, 1.54) is 0 Å². The molecule has 0 radical (unpaired) electrons. The van der Waals surface area contributed by atoms with Crippen LogP contribution in [-0.4, -0.2) is 5.91 Å². The number of fused-ring (bicyclic) bond motifs is 2. The molecule has 1 heterocycles. The number of rotatable bonds is 1. The van der Waals surface area contributed by atoms with E-state index in [0.29, 0.717) is 11.3 Å². The number of nitrogens with zero attached hydrogens (tertiary/aromatic N) is 1. The summed E-state index contributed by atoms with van der Waals surface area (Å²) >= 11 is 3.57. The Morgan fingerprint density at radius 3 is 2.48 bits per heavy atom. The van der Waals surface area contributed by atoms with Crippen LogP contribution in [0.1, 0.15) is 28.9 Å². The van der Waals surface area contributed by atoms with Crippen LogP contribution in [0, 0.1) is 0 Å². The summed E-state index contributed by atoms with van der Waals surface area (Å²) in [4.78, 5) is 15.1. The number of hydrogen-bond donors (Lipinski definition) is 0. The van der Waals surface area contributed by atoms with Gasteiger partial charge in [0.15, 0.2) is 5.75 Å². The molecule has 4 heteroatoms. The smallest absolute Gasteiger partial charge is 0.258 e. The van der Waals surface area contributed by atoms with Gasteiger partial charge in [-0.1, -0.05) is 42.5 Å². The summed E-state index contributed by atoms with van der Waals surface area (Å²) in [6, 6.07) is 22.7. The van der Waals surface area contributed by atoms with Gasteiger partial charge in [-0.3, -0.25) is 9.69 Å². The number of carbonyl (C=O) groups excluding carboxylic acids is 1. The normalized spacial score (nSPS) is 15.6. The van der Waals surface area contributed by atoms with E-state index in [0.717, 1.165) is 21.5 Å². The maximum Gasteiger partial charge on any atom is 0.258 e. The lowest BCUT2D eigenvalue weighted by Crippen LogP contribution is -2.33. The van der Waals surface area contributed by atoms with Gasteiger partial charge in [0, 0.05) is 11.1 Å². The number of benzene rings is 3. The molecule has 0 fully saturated rings. The molecule has 1 atom stereocenters. The first-order valence-electron chi connectivity index (χ1n) is 8.10. The van der Waals surface area contributed by atoms with Gasteiger partial charge in [0.2, 0.25) is 0 Å². The summed E-state index contributed by atoms with van der Waals surface area (Å²) in [5, 5.41) is 0. The van der Waals surface area contributed by atoms with Crippen molar-refractivity contribution in [3.8, 4) is 11.5 Å². The molecule has 124 valence electrons. The van der Waals surface area contributed by atoms with E-state index < -0.39 is 0 Å². The van der Waals surface area contributed by atoms with Crippen molar-refractivity contribution in [1.82, 2.24) is 0 Å². The number of para-hydroxylation sites is 3. The number of anilines is 1. The molecule has 0 saturated carbocycles. The summed E-state index contributed by atoms with van der Waals surface area (Å²) in [7, 11) is 0. The Hall–Kier alpha value is -2.59. The van der Waals surface area contributed by atoms with E-state index in [-0.39, 0.29) is 11.9 Å². The lowest BCUT2D eigenvalue weighted by Gasteiger charge is -2.28. The lowest BCUT2D eigenvalue weighted by molar-refractivity contribution is 0.0978. The molecule has 4 rings (SSSR count). The van der Waals surface area contributed by atoms with Crippen molar-refractivity contribution in [3.05, 3.63) is 88.4 Å². The Balaban J connectivity index is 1.92. The summed E-state index contributed by atoms with van der Waals surface area (Å²) < 4.78 is 7.05. The van der Waals surface area contributed by atoms with Gasteiger partial charge < -0.3 is 4.74 Å². The molecule has 0 unspecified atom stereocenters. The van der Waals surface area contributed by atoms with Crippen molar-refractivity contribution in [3.63, 3.8) is 0 Å². The Morgan fingerprint density at radius 2 is 1.68 bits per heavy atom. The molecule has 1 aliphatic heterocycles. The fraction of sp³-hybridized carbons (Fsp3) is 0.0952. The Morgan fingerprint density at radius 1 is 0.960 bits per heavy atom. The van der Waals surface area contributed by atoms with Gasteiger partial charge in [-0.25, -0.2) is 0 Å². The van der Waals surface area contributed by atoms with E-state index in [9.17, 15) is 4.79 Å². The predicted molar refractivity (Wildman–Crippen MR) is 102 cm³/mol. The third-order valence-electron chi connectivity index (χ3n) is 4.41. The second-order valence-corrected chi connectivity index (χ2v) is 6.80. The lowest BCUT2D eigenvalue weighted by atomic mass is 10.0. The Bertz CT molecular complexity index is 940. The summed E-state index contributed by atoms with van der Waals surface area (Å²) in [6.45, 7) is 2.03. The zero-order valence-corrected chi connectivity index (χ0v) is 15.2. The van der Waals surface area contributed by atoms with Crippen LogP contribution < -0.4 is 9.64 Å². The van der Waals surface area contributed by atoms with Crippen LogP contribution in [-0.2, 0) is 0 Å². The number of halogens is 1. The van der Waals surface area contributed by atoms with Crippen LogP contribution in [0.25, 0.3) is 0 Å². The molecule has 0 bridgehead atoms. The number of amides is 1. The first kappa shape index (κ1) is 15.9. The van der Waals surface area contributed by atoms with Crippen LogP contribution >= 0.6 is 15.9 Å². The van der Waals surface area contributed by atoms with E-state index in [4.69, 9.17) is 4.74 Å². The number of ether oxygens (including phenoxy) is 1. The minimum atomic E-state index is -0.163. The third-order valence-corrected chi connectivity index (χ3v) is 5.04. The van der Waals surface area contributed by atoms with Gasteiger partial charge in [0.05, 0.1) is 16.2 Å². The largest absolute Gasteiger partial charge is 0.454 e. The van der Waals surface area contributed by atoms with Crippen molar-refractivity contribution < 1.29 is 9.53 Å². The predicted octanol–water partition coefficient (Wildman–Crippen LogP) is 5.96. The average molecular weight is 394 g/mol. The third kappa shape index (κ3) is 2.72. The van der Waals surface area contributed by atoms with Crippen LogP contribution in [0.4, 0.5) is 5.69 Å². The van der Waals surface area contributed by atoms with Crippen molar-refractivity contribution in [1.29, 1.82) is 0 Å². The molecule has 0 saturated heterocycles. The minimum absolute atomic E-state index is 0.0445. The van der Waals surface area contributed by atoms with Crippen LogP contribution in [0.15, 0.2) is 77.3 Å². The monoisotopic (exact) mass is 393 g/mol. The number of hydrogen-bond acceptors (Lipinski definition) is 2. The average Bonchev–Trinajstić information content (AvgIpc) is 2.77. The van der Waals surface area contributed by atoms with Gasteiger partial charge in [0.25, 0.3) is 5.91 Å². The van der Waals surface area contributed by atoms with Gasteiger partial charge in [0.1, 0.15) is 5.75 Å². The Labute approximate surface area is 155 Å². The summed E-state index contributed by atoms with van der Waals surface area (Å²) in [6.07, 6.45) is 0. The zero-order valence-electron chi connectivity index (χ0n) is 13.6. The molecular weight excluding hydrogens is 378 g/mol. The molecule has 0 aromatic heterocycles. The van der Waals surface area contributed by atoms with E-state index in [2.05, 4.69) is 15.9 Å². The highest BCUT2D eigenvalue weighted by Gasteiger charge is 2.32. The molecule has 25 heavy (non-hydrogen) atoms. The van der Waals surface area contributed by atoms with Crippen LogP contribution in [0.2, 0.25) is 0 Å². The van der Waals surface area contributed by atoms with E-state index >= 15 is 0 Å². The first-order chi connectivity index (χ1) is 12.2. The molecular formula is C21H16BrNO2. The van der Waals surface area contributed by atoms with E-state index in [1.54, 1.807) is 0 Å². The highest BCUT2D eigenvalue weighted by atomic mass is 79.9. The first-order valence-corrected chi connectivity index (χ1v) is 8.90. The molecule has 3 aromatic rings. The van der Waals surface area contributed by atoms with Gasteiger partial charge in [-0.15, -0.1) is 0 Å². The van der Waals surface area contributed by atoms with Crippen molar-refractivity contribution >= 4 is 27.5 Å².